The number of amides is 1. The van der Waals surface area contributed by atoms with E-state index in [0.717, 1.165) is 73.7 Å². The van der Waals surface area contributed by atoms with Gasteiger partial charge < -0.3 is 19.5 Å². The summed E-state index contributed by atoms with van der Waals surface area (Å²) in [5, 5.41) is 3.47. The van der Waals surface area contributed by atoms with Crippen molar-refractivity contribution in [2.75, 3.05) is 24.5 Å². The molecule has 6 nitrogen and oxygen atoms in total. The van der Waals surface area contributed by atoms with Crippen LogP contribution in [-0.4, -0.2) is 66.9 Å². The van der Waals surface area contributed by atoms with Gasteiger partial charge in [-0.25, -0.2) is 0 Å². The van der Waals surface area contributed by atoms with Gasteiger partial charge in [0.25, 0.3) is 0 Å². The average molecular weight is 461 g/mol. The van der Waals surface area contributed by atoms with Gasteiger partial charge in [-0.2, -0.15) is 0 Å². The Labute approximate surface area is 202 Å². The number of carbonyl (C=O) groups is 1. The number of hydrogen-bond donors (Lipinski definition) is 1. The van der Waals surface area contributed by atoms with Crippen LogP contribution in [0.5, 0.6) is 0 Å². The standard InChI is InChI=1S/C27H36BN3O3/c1-25(2)26(3,4)34-28(33-25)15-5-6-19-20(11-15)31(24(32)27(19)7-9-29-10-8-27)17-12-16(13-17)30-14-18-21-22(18)23(21)30/h5-6,11,16-18,21-23,29H,7-10,12-14H2,1-4H3/t16-,17+,18?,21-,22?,23+/m0/s1. The van der Waals surface area contributed by atoms with E-state index in [1.165, 1.54) is 12.1 Å². The summed E-state index contributed by atoms with van der Waals surface area (Å²) in [5.74, 6) is 3.47. The minimum Gasteiger partial charge on any atom is -0.399 e. The summed E-state index contributed by atoms with van der Waals surface area (Å²) in [6.07, 6.45) is 4.03. The topological polar surface area (TPSA) is 54.0 Å². The second kappa shape index (κ2) is 6.29. The van der Waals surface area contributed by atoms with Crippen LogP contribution in [0.3, 0.4) is 0 Å². The largest absolute Gasteiger partial charge is 0.494 e. The van der Waals surface area contributed by atoms with Crippen molar-refractivity contribution in [2.45, 2.75) is 88.1 Å². The molecule has 0 radical (unpaired) electrons. The zero-order valence-electron chi connectivity index (χ0n) is 20.8. The number of nitrogens with zero attached hydrogens (tertiary/aromatic N) is 2. The van der Waals surface area contributed by atoms with Gasteiger partial charge in [0.15, 0.2) is 0 Å². The Morgan fingerprint density at radius 2 is 1.68 bits per heavy atom. The maximum absolute atomic E-state index is 14.1. The van der Waals surface area contributed by atoms with Crippen molar-refractivity contribution in [1.82, 2.24) is 10.2 Å². The third-order valence-corrected chi connectivity index (χ3v) is 11.1. The molecular formula is C27H36BN3O3. The fourth-order valence-electron chi connectivity index (χ4n) is 8.05. The van der Waals surface area contributed by atoms with E-state index < -0.39 is 7.12 Å². The van der Waals surface area contributed by atoms with Crippen LogP contribution in [0.15, 0.2) is 18.2 Å². The van der Waals surface area contributed by atoms with E-state index >= 15 is 0 Å². The second-order valence-corrected chi connectivity index (χ2v) is 13.2. The molecule has 2 bridgehead atoms. The molecule has 7 heteroatoms. The lowest BCUT2D eigenvalue weighted by molar-refractivity contribution is -0.125. The van der Waals surface area contributed by atoms with Gasteiger partial charge in [-0.15, -0.1) is 0 Å². The molecule has 5 heterocycles. The molecule has 4 atom stereocenters. The summed E-state index contributed by atoms with van der Waals surface area (Å²) in [6, 6.07) is 8.49. The van der Waals surface area contributed by atoms with Crippen LogP contribution in [0.1, 0.15) is 58.9 Å². The summed E-state index contributed by atoms with van der Waals surface area (Å²) in [5.41, 5.74) is 2.28. The summed E-state index contributed by atoms with van der Waals surface area (Å²) < 4.78 is 12.7. The number of fused-ring (bicyclic) bond motifs is 3. The van der Waals surface area contributed by atoms with Gasteiger partial charge in [-0.05, 0) is 101 Å². The zero-order chi connectivity index (χ0) is 23.2. The summed E-state index contributed by atoms with van der Waals surface area (Å²) in [4.78, 5) is 19.1. The number of piperidine rings is 2. The highest BCUT2D eigenvalue weighted by atomic mass is 16.7. The molecule has 1 aromatic rings. The van der Waals surface area contributed by atoms with Crippen LogP contribution >= 0.6 is 0 Å². The van der Waals surface area contributed by atoms with Crippen molar-refractivity contribution >= 4 is 24.2 Å². The minimum atomic E-state index is -0.398. The van der Waals surface area contributed by atoms with E-state index in [1.54, 1.807) is 0 Å². The fourth-order valence-corrected chi connectivity index (χ4v) is 8.05. The molecule has 1 N–H and O–H groups in total. The predicted octanol–water partition coefficient (Wildman–Crippen LogP) is 2.04. The van der Waals surface area contributed by atoms with Crippen LogP contribution in [0.4, 0.5) is 5.69 Å². The summed E-state index contributed by atoms with van der Waals surface area (Å²) in [6.45, 7) is 11.5. The molecule has 3 aliphatic carbocycles. The number of nitrogens with one attached hydrogen (secondary N) is 1. The first-order valence-corrected chi connectivity index (χ1v) is 13.5. The quantitative estimate of drug-likeness (QED) is 0.699. The van der Waals surface area contributed by atoms with Crippen molar-refractivity contribution in [3.8, 4) is 0 Å². The Morgan fingerprint density at radius 3 is 2.29 bits per heavy atom. The third-order valence-electron chi connectivity index (χ3n) is 11.1. The Balaban J connectivity index is 1.12. The lowest BCUT2D eigenvalue weighted by Crippen LogP contribution is -2.57. The van der Waals surface area contributed by atoms with Gasteiger partial charge in [0, 0.05) is 30.4 Å². The van der Waals surface area contributed by atoms with E-state index in [1.807, 2.05) is 0 Å². The monoisotopic (exact) mass is 461 g/mol. The van der Waals surface area contributed by atoms with Gasteiger partial charge in [0.05, 0.1) is 16.6 Å². The molecule has 8 aliphatic rings. The number of rotatable bonds is 3. The molecule has 5 aliphatic heterocycles. The van der Waals surface area contributed by atoms with Crippen LogP contribution in [0, 0.1) is 17.8 Å². The van der Waals surface area contributed by atoms with Gasteiger partial charge in [0.1, 0.15) is 0 Å². The van der Waals surface area contributed by atoms with Gasteiger partial charge in [0.2, 0.25) is 5.91 Å². The Bertz CT molecular complexity index is 1060. The highest BCUT2D eigenvalue weighted by Crippen LogP contribution is 2.76. The molecule has 4 saturated heterocycles. The normalized spacial score (nSPS) is 42.1. The molecular weight excluding hydrogens is 425 g/mol. The van der Waals surface area contributed by atoms with E-state index in [-0.39, 0.29) is 16.6 Å². The minimum absolute atomic E-state index is 0.326. The van der Waals surface area contributed by atoms with Crippen molar-refractivity contribution in [1.29, 1.82) is 0 Å². The maximum atomic E-state index is 14.1. The van der Waals surface area contributed by atoms with E-state index in [0.29, 0.717) is 18.0 Å². The first kappa shape index (κ1) is 20.8. The summed E-state index contributed by atoms with van der Waals surface area (Å²) >= 11 is 0. The van der Waals surface area contributed by atoms with Crippen molar-refractivity contribution in [2.24, 2.45) is 17.8 Å². The highest BCUT2D eigenvalue weighted by molar-refractivity contribution is 6.62. The van der Waals surface area contributed by atoms with E-state index in [4.69, 9.17) is 9.31 Å². The fraction of sp³-hybridized carbons (Fsp3) is 0.741. The molecule has 9 rings (SSSR count). The first-order chi connectivity index (χ1) is 16.2. The van der Waals surface area contributed by atoms with Gasteiger partial charge in [-0.3, -0.25) is 9.69 Å². The van der Waals surface area contributed by atoms with Crippen LogP contribution in [-0.2, 0) is 19.5 Å². The molecule has 1 amide bonds. The van der Waals surface area contributed by atoms with Gasteiger partial charge in [-0.1, -0.05) is 12.1 Å². The summed E-state index contributed by atoms with van der Waals surface area (Å²) in [7, 11) is -0.398. The Hall–Kier alpha value is -1.41. The van der Waals surface area contributed by atoms with Gasteiger partial charge >= 0.3 is 7.12 Å². The smallest absolute Gasteiger partial charge is 0.399 e. The second-order valence-electron chi connectivity index (χ2n) is 13.2. The lowest BCUT2D eigenvalue weighted by atomic mass is 9.72. The number of carbonyl (C=O) groups excluding carboxylic acids is 1. The molecule has 1 spiro atoms. The zero-order valence-corrected chi connectivity index (χ0v) is 20.8. The maximum Gasteiger partial charge on any atom is 0.494 e. The van der Waals surface area contributed by atoms with Crippen LogP contribution < -0.4 is 15.7 Å². The number of hydrogen-bond acceptors (Lipinski definition) is 5. The number of benzene rings is 1. The SMILES string of the molecule is CC1(C)OB(c2ccc3c(c2)N([C@H]2C[C@@H](N4CC5C6[C@H]5[C@H]64)C2)C(=O)C32CCNCC2)OC1(C)C. The van der Waals surface area contributed by atoms with Crippen molar-refractivity contribution < 1.29 is 14.1 Å². The Kier molecular flexibility index (Phi) is 3.84. The molecule has 34 heavy (non-hydrogen) atoms. The molecule has 7 fully saturated rings. The van der Waals surface area contributed by atoms with Crippen molar-refractivity contribution in [3.05, 3.63) is 23.8 Å². The van der Waals surface area contributed by atoms with E-state index in [2.05, 4.69) is 61.0 Å². The highest BCUT2D eigenvalue weighted by Gasteiger charge is 2.81. The third kappa shape index (κ3) is 2.45. The first-order valence-electron chi connectivity index (χ1n) is 13.5. The van der Waals surface area contributed by atoms with Crippen molar-refractivity contribution in [3.63, 3.8) is 0 Å². The molecule has 1 aromatic carbocycles. The van der Waals surface area contributed by atoms with Crippen LogP contribution in [0.2, 0.25) is 0 Å². The average Bonchev–Trinajstić information content (AvgIpc) is 3.52. The van der Waals surface area contributed by atoms with Crippen LogP contribution in [0.25, 0.3) is 0 Å². The molecule has 2 unspecified atom stereocenters. The lowest BCUT2D eigenvalue weighted by Gasteiger charge is -2.46. The Morgan fingerprint density at radius 1 is 1.00 bits per heavy atom. The molecule has 180 valence electrons. The molecule has 3 saturated carbocycles. The van der Waals surface area contributed by atoms with E-state index in [9.17, 15) is 4.79 Å². The number of anilines is 1. The predicted molar refractivity (Wildman–Crippen MR) is 131 cm³/mol. The molecule has 0 aromatic heterocycles.